The van der Waals surface area contributed by atoms with Crippen LogP contribution in [0.25, 0.3) is 10.2 Å². The van der Waals surface area contributed by atoms with Crippen molar-refractivity contribution >= 4 is 27.4 Å². The molecule has 0 aliphatic heterocycles. The number of thiophene rings is 1. The summed E-state index contributed by atoms with van der Waals surface area (Å²) < 4.78 is 0. The number of aromatic nitrogens is 2. The summed E-state index contributed by atoms with van der Waals surface area (Å²) in [6.07, 6.45) is 5.28. The molecule has 15 heavy (non-hydrogen) atoms. The number of hydrogen-bond donors (Lipinski definition) is 1. The van der Waals surface area contributed by atoms with E-state index in [1.54, 1.807) is 17.7 Å². The van der Waals surface area contributed by atoms with E-state index in [0.717, 1.165) is 10.2 Å². The standard InChI is InChI=1S/C11H13N3S/c1-6-3-2-4-7-8(6)9-10(12)13-5-14-11(9)15-7/h5-6H,2-4H2,1H3,(H2,12,13,14). The van der Waals surface area contributed by atoms with E-state index in [2.05, 4.69) is 16.9 Å². The first-order valence-corrected chi connectivity index (χ1v) is 6.10. The van der Waals surface area contributed by atoms with Crippen LogP contribution in [0, 0.1) is 0 Å². The molecule has 1 unspecified atom stereocenters. The minimum Gasteiger partial charge on any atom is -0.383 e. The van der Waals surface area contributed by atoms with Crippen LogP contribution in [-0.4, -0.2) is 9.97 Å². The van der Waals surface area contributed by atoms with Crippen molar-refractivity contribution in [2.45, 2.75) is 32.1 Å². The number of fused-ring (bicyclic) bond motifs is 3. The number of rotatable bonds is 0. The summed E-state index contributed by atoms with van der Waals surface area (Å²) in [5.41, 5.74) is 7.36. The lowest BCUT2D eigenvalue weighted by Gasteiger charge is -2.18. The van der Waals surface area contributed by atoms with Crippen molar-refractivity contribution < 1.29 is 0 Å². The predicted molar refractivity (Wildman–Crippen MR) is 63.2 cm³/mol. The summed E-state index contributed by atoms with van der Waals surface area (Å²) in [6, 6.07) is 0. The van der Waals surface area contributed by atoms with Gasteiger partial charge in [0.15, 0.2) is 0 Å². The fourth-order valence-corrected chi connectivity index (χ4v) is 3.75. The van der Waals surface area contributed by atoms with Gasteiger partial charge in [-0.1, -0.05) is 6.92 Å². The van der Waals surface area contributed by atoms with Crippen LogP contribution in [0.4, 0.5) is 5.82 Å². The second kappa shape index (κ2) is 3.17. The zero-order chi connectivity index (χ0) is 10.4. The van der Waals surface area contributed by atoms with Crippen molar-refractivity contribution in [1.29, 1.82) is 0 Å². The van der Waals surface area contributed by atoms with Gasteiger partial charge in [0.05, 0.1) is 5.39 Å². The highest BCUT2D eigenvalue weighted by Crippen LogP contribution is 2.42. The number of nitrogens with zero attached hydrogens (tertiary/aromatic N) is 2. The molecule has 4 heteroatoms. The molecule has 2 aromatic rings. The Morgan fingerprint density at radius 1 is 1.47 bits per heavy atom. The van der Waals surface area contributed by atoms with Crippen LogP contribution in [0.2, 0.25) is 0 Å². The summed E-state index contributed by atoms with van der Waals surface area (Å²) in [5, 5.41) is 1.12. The maximum atomic E-state index is 5.94. The fraction of sp³-hybridized carbons (Fsp3) is 0.455. The molecule has 0 radical (unpaired) electrons. The van der Waals surface area contributed by atoms with Crippen LogP contribution in [-0.2, 0) is 6.42 Å². The molecule has 2 aromatic heterocycles. The van der Waals surface area contributed by atoms with Crippen LogP contribution >= 0.6 is 11.3 Å². The average molecular weight is 219 g/mol. The van der Waals surface area contributed by atoms with E-state index in [1.807, 2.05) is 0 Å². The molecule has 0 saturated carbocycles. The zero-order valence-corrected chi connectivity index (χ0v) is 9.47. The van der Waals surface area contributed by atoms with E-state index < -0.39 is 0 Å². The zero-order valence-electron chi connectivity index (χ0n) is 8.66. The topological polar surface area (TPSA) is 51.8 Å². The molecule has 0 amide bonds. The van der Waals surface area contributed by atoms with Gasteiger partial charge in [-0.3, -0.25) is 0 Å². The molecular weight excluding hydrogens is 206 g/mol. The van der Waals surface area contributed by atoms with E-state index in [-0.39, 0.29) is 0 Å². The predicted octanol–water partition coefficient (Wildman–Crippen LogP) is 2.71. The Bertz CT molecular complexity index is 518. The summed E-state index contributed by atoms with van der Waals surface area (Å²) in [7, 11) is 0. The molecule has 1 aliphatic rings. The van der Waals surface area contributed by atoms with Crippen LogP contribution < -0.4 is 5.73 Å². The van der Waals surface area contributed by atoms with E-state index in [0.29, 0.717) is 11.7 Å². The second-order valence-electron chi connectivity index (χ2n) is 4.17. The van der Waals surface area contributed by atoms with E-state index >= 15 is 0 Å². The van der Waals surface area contributed by atoms with Gasteiger partial charge >= 0.3 is 0 Å². The van der Waals surface area contributed by atoms with Crippen molar-refractivity contribution in [2.24, 2.45) is 0 Å². The van der Waals surface area contributed by atoms with Crippen molar-refractivity contribution in [3.05, 3.63) is 16.8 Å². The molecule has 0 aromatic carbocycles. The number of aryl methyl sites for hydroxylation is 1. The van der Waals surface area contributed by atoms with Crippen LogP contribution in [0.15, 0.2) is 6.33 Å². The van der Waals surface area contributed by atoms with Crippen molar-refractivity contribution in [3.63, 3.8) is 0 Å². The summed E-state index contributed by atoms with van der Waals surface area (Å²) in [4.78, 5) is 10.9. The maximum Gasteiger partial charge on any atom is 0.135 e. The smallest absolute Gasteiger partial charge is 0.135 e. The molecule has 0 fully saturated rings. The Labute approximate surface area is 92.4 Å². The fourth-order valence-electron chi connectivity index (χ4n) is 2.44. The summed E-state index contributed by atoms with van der Waals surface area (Å²) in [6.45, 7) is 2.27. The monoisotopic (exact) mass is 219 g/mol. The molecule has 3 rings (SSSR count). The first kappa shape index (κ1) is 9.09. The minimum atomic E-state index is 0.607. The molecule has 78 valence electrons. The summed E-state index contributed by atoms with van der Waals surface area (Å²) in [5.74, 6) is 1.25. The van der Waals surface area contributed by atoms with Crippen molar-refractivity contribution in [2.75, 3.05) is 5.73 Å². The number of anilines is 1. The van der Waals surface area contributed by atoms with E-state index in [1.165, 1.54) is 29.7 Å². The van der Waals surface area contributed by atoms with Crippen LogP contribution in [0.5, 0.6) is 0 Å². The molecule has 0 bridgehead atoms. The molecule has 0 saturated heterocycles. The van der Waals surface area contributed by atoms with Gasteiger partial charge in [0, 0.05) is 4.88 Å². The van der Waals surface area contributed by atoms with E-state index in [9.17, 15) is 0 Å². The molecule has 2 N–H and O–H groups in total. The second-order valence-corrected chi connectivity index (χ2v) is 5.25. The molecule has 1 atom stereocenters. The first-order valence-electron chi connectivity index (χ1n) is 5.29. The van der Waals surface area contributed by atoms with Crippen LogP contribution in [0.1, 0.15) is 36.1 Å². The quantitative estimate of drug-likeness (QED) is 0.741. The number of nitrogens with two attached hydrogens (primary N) is 1. The van der Waals surface area contributed by atoms with Gasteiger partial charge in [-0.2, -0.15) is 0 Å². The van der Waals surface area contributed by atoms with Crippen LogP contribution in [0.3, 0.4) is 0 Å². The minimum absolute atomic E-state index is 0.607. The molecule has 1 aliphatic carbocycles. The lowest BCUT2D eigenvalue weighted by molar-refractivity contribution is 0.602. The van der Waals surface area contributed by atoms with E-state index in [4.69, 9.17) is 5.73 Å². The molecule has 2 heterocycles. The number of nitrogen functional groups attached to an aromatic ring is 1. The maximum absolute atomic E-state index is 5.94. The molecule has 3 nitrogen and oxygen atoms in total. The Morgan fingerprint density at radius 2 is 2.33 bits per heavy atom. The third kappa shape index (κ3) is 1.24. The van der Waals surface area contributed by atoms with Crippen molar-refractivity contribution in [1.82, 2.24) is 9.97 Å². The Hall–Kier alpha value is -1.16. The molecule has 0 spiro atoms. The van der Waals surface area contributed by atoms with Gasteiger partial charge < -0.3 is 5.73 Å². The molecular formula is C11H13N3S. The summed E-state index contributed by atoms with van der Waals surface area (Å²) >= 11 is 1.79. The Kier molecular flexibility index (Phi) is 1.92. The largest absolute Gasteiger partial charge is 0.383 e. The van der Waals surface area contributed by atoms with Gasteiger partial charge in [-0.15, -0.1) is 11.3 Å². The normalized spacial score (nSPS) is 20.5. The highest BCUT2D eigenvalue weighted by atomic mass is 32.1. The third-order valence-electron chi connectivity index (χ3n) is 3.17. The van der Waals surface area contributed by atoms with Gasteiger partial charge in [-0.05, 0) is 30.7 Å². The Balaban J connectivity index is 2.38. The highest BCUT2D eigenvalue weighted by Gasteiger charge is 2.23. The first-order chi connectivity index (χ1) is 7.27. The lowest BCUT2D eigenvalue weighted by atomic mass is 9.87. The lowest BCUT2D eigenvalue weighted by Crippen LogP contribution is -2.04. The van der Waals surface area contributed by atoms with Gasteiger partial charge in [-0.25, -0.2) is 9.97 Å². The SMILES string of the molecule is CC1CCCc2sc3ncnc(N)c3c21. The number of hydrogen-bond acceptors (Lipinski definition) is 4. The highest BCUT2D eigenvalue weighted by molar-refractivity contribution is 7.19. The van der Waals surface area contributed by atoms with Gasteiger partial charge in [0.2, 0.25) is 0 Å². The van der Waals surface area contributed by atoms with Crippen molar-refractivity contribution in [3.8, 4) is 0 Å². The average Bonchev–Trinajstić information content (AvgIpc) is 2.58. The Morgan fingerprint density at radius 3 is 3.20 bits per heavy atom. The van der Waals surface area contributed by atoms with Gasteiger partial charge in [0.1, 0.15) is 17.0 Å². The van der Waals surface area contributed by atoms with Gasteiger partial charge in [0.25, 0.3) is 0 Å². The third-order valence-corrected chi connectivity index (χ3v) is 4.34.